The number of amides is 2. The zero-order valence-corrected chi connectivity index (χ0v) is 13.9. The van der Waals surface area contributed by atoms with E-state index in [-0.39, 0.29) is 17.6 Å². The fourth-order valence-corrected chi connectivity index (χ4v) is 3.97. The average Bonchev–Trinajstić information content (AvgIpc) is 2.98. The predicted molar refractivity (Wildman–Crippen MR) is 86.8 cm³/mol. The first-order chi connectivity index (χ1) is 10.6. The van der Waals surface area contributed by atoms with Gasteiger partial charge in [-0.1, -0.05) is 19.3 Å². The van der Waals surface area contributed by atoms with Crippen molar-refractivity contribution < 1.29 is 14.6 Å². The summed E-state index contributed by atoms with van der Waals surface area (Å²) in [5, 5.41) is 15.7. The van der Waals surface area contributed by atoms with Crippen LogP contribution in [-0.2, 0) is 4.74 Å². The summed E-state index contributed by atoms with van der Waals surface area (Å²) in [7, 11) is 1.74. The SMILES string of the molecule is COCCC1(CNC(=O)NCC2CCCC(O)C2)CCCC1. The Balaban J connectivity index is 1.67. The van der Waals surface area contributed by atoms with Gasteiger partial charge in [-0.25, -0.2) is 4.79 Å². The Bertz CT molecular complexity index is 343. The van der Waals surface area contributed by atoms with Gasteiger partial charge in [0.25, 0.3) is 0 Å². The minimum absolute atomic E-state index is 0.0660. The molecular weight excluding hydrogens is 280 g/mol. The molecule has 2 atom stereocenters. The van der Waals surface area contributed by atoms with Gasteiger partial charge in [0, 0.05) is 26.8 Å². The van der Waals surface area contributed by atoms with Gasteiger partial charge in [-0.05, 0) is 49.9 Å². The molecule has 5 heteroatoms. The quantitative estimate of drug-likeness (QED) is 0.676. The Kier molecular flexibility index (Phi) is 6.96. The molecule has 0 spiro atoms. The average molecular weight is 312 g/mol. The maximum atomic E-state index is 12.0. The molecule has 2 rings (SSSR count). The maximum Gasteiger partial charge on any atom is 0.314 e. The van der Waals surface area contributed by atoms with Crippen molar-refractivity contribution in [2.75, 3.05) is 26.8 Å². The molecule has 5 nitrogen and oxygen atoms in total. The van der Waals surface area contributed by atoms with Crippen LogP contribution < -0.4 is 10.6 Å². The van der Waals surface area contributed by atoms with Crippen molar-refractivity contribution in [1.82, 2.24) is 10.6 Å². The molecule has 0 aliphatic heterocycles. The van der Waals surface area contributed by atoms with Crippen LogP contribution in [-0.4, -0.2) is 44.0 Å². The number of carbonyl (C=O) groups excluding carboxylic acids is 1. The summed E-state index contributed by atoms with van der Waals surface area (Å²) in [6.45, 7) is 2.19. The molecule has 0 heterocycles. The number of hydrogen-bond acceptors (Lipinski definition) is 3. The van der Waals surface area contributed by atoms with Gasteiger partial charge >= 0.3 is 6.03 Å². The van der Waals surface area contributed by atoms with Crippen molar-refractivity contribution in [3.8, 4) is 0 Å². The molecule has 0 saturated heterocycles. The topological polar surface area (TPSA) is 70.6 Å². The molecular formula is C17H32N2O3. The predicted octanol–water partition coefficient (Wildman–Crippen LogP) is 2.43. The normalized spacial score (nSPS) is 27.5. The van der Waals surface area contributed by atoms with Crippen molar-refractivity contribution in [3.63, 3.8) is 0 Å². The van der Waals surface area contributed by atoms with E-state index < -0.39 is 0 Å². The summed E-state index contributed by atoms with van der Waals surface area (Å²) in [5.74, 6) is 0.420. The third-order valence-corrected chi connectivity index (χ3v) is 5.43. The van der Waals surface area contributed by atoms with Gasteiger partial charge in [0.15, 0.2) is 0 Å². The summed E-state index contributed by atoms with van der Waals surface area (Å²) in [6, 6.07) is -0.0660. The summed E-state index contributed by atoms with van der Waals surface area (Å²) in [5.41, 5.74) is 0.231. The molecule has 0 radical (unpaired) electrons. The number of ether oxygens (including phenoxy) is 1. The van der Waals surface area contributed by atoms with Crippen LogP contribution in [0, 0.1) is 11.3 Å². The van der Waals surface area contributed by atoms with E-state index in [0.29, 0.717) is 12.5 Å². The fourth-order valence-electron chi connectivity index (χ4n) is 3.97. The second kappa shape index (κ2) is 8.73. The van der Waals surface area contributed by atoms with Crippen LogP contribution in [0.15, 0.2) is 0 Å². The second-order valence-electron chi connectivity index (χ2n) is 7.20. The Hall–Kier alpha value is -0.810. The summed E-state index contributed by atoms with van der Waals surface area (Å²) >= 11 is 0. The molecule has 2 fully saturated rings. The second-order valence-corrected chi connectivity index (χ2v) is 7.20. The zero-order chi connectivity index (χ0) is 15.8. The van der Waals surface area contributed by atoms with E-state index in [1.165, 1.54) is 25.7 Å². The van der Waals surface area contributed by atoms with Crippen LogP contribution in [0.5, 0.6) is 0 Å². The highest BCUT2D eigenvalue weighted by atomic mass is 16.5. The molecule has 22 heavy (non-hydrogen) atoms. The monoisotopic (exact) mass is 312 g/mol. The molecule has 0 bridgehead atoms. The van der Waals surface area contributed by atoms with Crippen LogP contribution in [0.2, 0.25) is 0 Å². The van der Waals surface area contributed by atoms with Crippen LogP contribution >= 0.6 is 0 Å². The standard InChI is InChI=1S/C17H32N2O3/c1-22-10-9-17(7-2-3-8-17)13-19-16(21)18-12-14-5-4-6-15(20)11-14/h14-15,20H,2-13H2,1H3,(H2,18,19,21). The van der Waals surface area contributed by atoms with Gasteiger partial charge in [-0.3, -0.25) is 0 Å². The Morgan fingerprint density at radius 1 is 1.23 bits per heavy atom. The number of aliphatic hydroxyl groups is 1. The summed E-state index contributed by atoms with van der Waals surface area (Å²) < 4.78 is 5.22. The zero-order valence-electron chi connectivity index (χ0n) is 13.9. The molecule has 128 valence electrons. The number of carbonyl (C=O) groups is 1. The minimum Gasteiger partial charge on any atom is -0.393 e. The van der Waals surface area contributed by atoms with E-state index in [1.54, 1.807) is 7.11 Å². The molecule has 2 saturated carbocycles. The number of aliphatic hydroxyl groups excluding tert-OH is 1. The third kappa shape index (κ3) is 5.43. The van der Waals surface area contributed by atoms with E-state index in [1.807, 2.05) is 0 Å². The summed E-state index contributed by atoms with van der Waals surface area (Å²) in [4.78, 5) is 12.0. The smallest absolute Gasteiger partial charge is 0.314 e. The number of nitrogens with one attached hydrogen (secondary N) is 2. The molecule has 2 unspecified atom stereocenters. The largest absolute Gasteiger partial charge is 0.393 e. The van der Waals surface area contributed by atoms with Crippen LogP contribution in [0.3, 0.4) is 0 Å². The van der Waals surface area contributed by atoms with Crippen molar-refractivity contribution >= 4 is 6.03 Å². The molecule has 0 aromatic heterocycles. The van der Waals surface area contributed by atoms with Crippen LogP contribution in [0.1, 0.15) is 57.8 Å². The number of rotatable bonds is 7. The van der Waals surface area contributed by atoms with Gasteiger partial charge in [-0.15, -0.1) is 0 Å². The first-order valence-electron chi connectivity index (χ1n) is 8.82. The highest BCUT2D eigenvalue weighted by molar-refractivity contribution is 5.73. The first-order valence-corrected chi connectivity index (χ1v) is 8.82. The van der Waals surface area contributed by atoms with E-state index in [2.05, 4.69) is 10.6 Å². The van der Waals surface area contributed by atoms with Gasteiger partial charge in [-0.2, -0.15) is 0 Å². The van der Waals surface area contributed by atoms with Crippen molar-refractivity contribution in [1.29, 1.82) is 0 Å². The van der Waals surface area contributed by atoms with Gasteiger partial charge in [0.1, 0.15) is 0 Å². The number of urea groups is 1. The summed E-state index contributed by atoms with van der Waals surface area (Å²) in [6.07, 6.45) is 9.63. The van der Waals surface area contributed by atoms with Crippen molar-refractivity contribution in [2.45, 2.75) is 63.9 Å². The Morgan fingerprint density at radius 2 is 2.00 bits per heavy atom. The molecule has 0 aromatic rings. The van der Waals surface area contributed by atoms with Crippen molar-refractivity contribution in [2.24, 2.45) is 11.3 Å². The molecule has 2 aliphatic carbocycles. The van der Waals surface area contributed by atoms with E-state index >= 15 is 0 Å². The van der Waals surface area contributed by atoms with Crippen molar-refractivity contribution in [3.05, 3.63) is 0 Å². The van der Waals surface area contributed by atoms with Gasteiger partial charge in [0.2, 0.25) is 0 Å². The van der Waals surface area contributed by atoms with Crippen LogP contribution in [0.4, 0.5) is 4.79 Å². The van der Waals surface area contributed by atoms with E-state index in [9.17, 15) is 9.90 Å². The lowest BCUT2D eigenvalue weighted by Gasteiger charge is -2.29. The number of methoxy groups -OCH3 is 1. The maximum absolute atomic E-state index is 12.0. The molecule has 0 aromatic carbocycles. The Morgan fingerprint density at radius 3 is 2.68 bits per heavy atom. The van der Waals surface area contributed by atoms with Gasteiger partial charge in [0.05, 0.1) is 6.10 Å². The fraction of sp³-hybridized carbons (Fsp3) is 0.941. The molecule has 2 amide bonds. The number of hydrogen-bond donors (Lipinski definition) is 3. The molecule has 2 aliphatic rings. The van der Waals surface area contributed by atoms with Gasteiger partial charge < -0.3 is 20.5 Å². The Labute approximate surface area is 134 Å². The lowest BCUT2D eigenvalue weighted by Crippen LogP contribution is -2.44. The van der Waals surface area contributed by atoms with E-state index in [4.69, 9.17) is 4.74 Å². The third-order valence-electron chi connectivity index (χ3n) is 5.43. The lowest BCUT2D eigenvalue weighted by molar-refractivity contribution is 0.101. The lowest BCUT2D eigenvalue weighted by atomic mass is 9.83. The van der Waals surface area contributed by atoms with E-state index in [0.717, 1.165) is 45.3 Å². The van der Waals surface area contributed by atoms with Crippen LogP contribution in [0.25, 0.3) is 0 Å². The highest BCUT2D eigenvalue weighted by Gasteiger charge is 2.33. The minimum atomic E-state index is -0.181. The molecule has 3 N–H and O–H groups in total. The first kappa shape index (κ1) is 17.5. The highest BCUT2D eigenvalue weighted by Crippen LogP contribution is 2.40.